The molecule has 9 heteroatoms. The van der Waals surface area contributed by atoms with Crippen LogP contribution in [-0.4, -0.2) is 63.0 Å². The van der Waals surface area contributed by atoms with Gasteiger partial charge in [-0.15, -0.1) is 10.2 Å². The number of hydrogen-bond donors (Lipinski definition) is 3. The lowest BCUT2D eigenvalue weighted by Gasteiger charge is -2.37. The summed E-state index contributed by atoms with van der Waals surface area (Å²) in [5, 5.41) is 19.0. The Bertz CT molecular complexity index is 542. The molecule has 1 aliphatic heterocycles. The lowest BCUT2D eigenvalue weighted by Crippen LogP contribution is -2.57. The summed E-state index contributed by atoms with van der Waals surface area (Å²) in [5.74, 6) is 0.854. The van der Waals surface area contributed by atoms with Crippen LogP contribution in [-0.2, 0) is 16.1 Å². The summed E-state index contributed by atoms with van der Waals surface area (Å²) in [6, 6.07) is -0.383. The van der Waals surface area contributed by atoms with E-state index in [0.29, 0.717) is 18.3 Å². The van der Waals surface area contributed by atoms with E-state index in [4.69, 9.17) is 0 Å². The number of nitrogens with zero attached hydrogens (tertiary/aromatic N) is 4. The van der Waals surface area contributed by atoms with Crippen molar-refractivity contribution in [1.82, 2.24) is 36.2 Å². The molecule has 2 amide bonds. The second-order valence-electron chi connectivity index (χ2n) is 6.61. The van der Waals surface area contributed by atoms with Crippen LogP contribution in [0.2, 0.25) is 0 Å². The first-order valence-corrected chi connectivity index (χ1v) is 8.73. The molecule has 132 valence electrons. The normalized spacial score (nSPS) is 23.0. The Morgan fingerprint density at radius 1 is 1.29 bits per heavy atom. The minimum Gasteiger partial charge on any atom is -0.353 e. The second kappa shape index (κ2) is 8.18. The Kier molecular flexibility index (Phi) is 5.73. The van der Waals surface area contributed by atoms with Gasteiger partial charge in [0.2, 0.25) is 11.8 Å². The summed E-state index contributed by atoms with van der Waals surface area (Å²) in [6.45, 7) is 2.60. The minimum atomic E-state index is -0.383. The van der Waals surface area contributed by atoms with Gasteiger partial charge in [-0.2, -0.15) is 5.21 Å². The number of rotatable bonds is 6. The third-order valence-electron chi connectivity index (χ3n) is 4.87. The van der Waals surface area contributed by atoms with Crippen molar-refractivity contribution in [2.45, 2.75) is 51.1 Å². The molecule has 1 aliphatic carbocycles. The van der Waals surface area contributed by atoms with E-state index < -0.39 is 0 Å². The second-order valence-corrected chi connectivity index (χ2v) is 6.61. The SMILES string of the molecule is O=C(CC1C(=O)NCCN1CC1CCCCC1)NCc1nn[nH]n1. The first kappa shape index (κ1) is 16.8. The van der Waals surface area contributed by atoms with Gasteiger partial charge in [-0.25, -0.2) is 0 Å². The van der Waals surface area contributed by atoms with Crippen LogP contribution in [0.5, 0.6) is 0 Å². The number of hydrogen-bond acceptors (Lipinski definition) is 6. The number of aromatic nitrogens is 4. The summed E-state index contributed by atoms with van der Waals surface area (Å²) in [4.78, 5) is 26.6. The maximum atomic E-state index is 12.2. The molecule has 3 N–H and O–H groups in total. The van der Waals surface area contributed by atoms with E-state index in [9.17, 15) is 9.59 Å². The van der Waals surface area contributed by atoms with Gasteiger partial charge >= 0.3 is 0 Å². The first-order valence-electron chi connectivity index (χ1n) is 8.73. The maximum Gasteiger partial charge on any atom is 0.237 e. The molecule has 1 saturated carbocycles. The van der Waals surface area contributed by atoms with Gasteiger partial charge < -0.3 is 10.6 Å². The van der Waals surface area contributed by atoms with Crippen LogP contribution in [0.1, 0.15) is 44.3 Å². The van der Waals surface area contributed by atoms with Gasteiger partial charge in [0.25, 0.3) is 0 Å². The number of H-pyrrole nitrogens is 1. The highest BCUT2D eigenvalue weighted by Gasteiger charge is 2.33. The molecule has 24 heavy (non-hydrogen) atoms. The number of tetrazole rings is 1. The van der Waals surface area contributed by atoms with Crippen LogP contribution >= 0.6 is 0 Å². The number of amides is 2. The van der Waals surface area contributed by atoms with Crippen LogP contribution in [0.25, 0.3) is 0 Å². The van der Waals surface area contributed by atoms with Crippen molar-refractivity contribution in [3.05, 3.63) is 5.82 Å². The fourth-order valence-electron chi connectivity index (χ4n) is 3.59. The predicted molar refractivity (Wildman–Crippen MR) is 85.6 cm³/mol. The Hall–Kier alpha value is -2.03. The quantitative estimate of drug-likeness (QED) is 0.651. The van der Waals surface area contributed by atoms with Crippen LogP contribution < -0.4 is 10.6 Å². The van der Waals surface area contributed by atoms with Crippen LogP contribution in [0.15, 0.2) is 0 Å². The average Bonchev–Trinajstić information content (AvgIpc) is 3.11. The summed E-state index contributed by atoms with van der Waals surface area (Å²) < 4.78 is 0. The Morgan fingerprint density at radius 2 is 2.12 bits per heavy atom. The smallest absolute Gasteiger partial charge is 0.237 e. The minimum absolute atomic E-state index is 0.0493. The van der Waals surface area contributed by atoms with Crippen LogP contribution in [0, 0.1) is 5.92 Å². The highest BCUT2D eigenvalue weighted by atomic mass is 16.2. The first-order chi connectivity index (χ1) is 11.7. The highest BCUT2D eigenvalue weighted by molar-refractivity contribution is 5.88. The van der Waals surface area contributed by atoms with E-state index in [-0.39, 0.29) is 30.8 Å². The number of carbonyl (C=O) groups is 2. The Morgan fingerprint density at radius 3 is 2.88 bits per heavy atom. The summed E-state index contributed by atoms with van der Waals surface area (Å²) in [6.07, 6.45) is 6.50. The third kappa shape index (κ3) is 4.50. The van der Waals surface area contributed by atoms with E-state index in [1.165, 1.54) is 32.1 Å². The zero-order chi connectivity index (χ0) is 16.8. The van der Waals surface area contributed by atoms with Gasteiger partial charge in [0, 0.05) is 19.6 Å². The van der Waals surface area contributed by atoms with Gasteiger partial charge in [0.1, 0.15) is 0 Å². The molecule has 2 heterocycles. The molecule has 1 atom stereocenters. The topological polar surface area (TPSA) is 116 Å². The van der Waals surface area contributed by atoms with Crippen molar-refractivity contribution in [3.63, 3.8) is 0 Å². The zero-order valence-corrected chi connectivity index (χ0v) is 13.8. The number of carbonyl (C=O) groups excluding carboxylic acids is 2. The molecular formula is C15H25N7O2. The largest absolute Gasteiger partial charge is 0.353 e. The molecule has 3 rings (SSSR count). The van der Waals surface area contributed by atoms with Gasteiger partial charge in [-0.3, -0.25) is 14.5 Å². The van der Waals surface area contributed by atoms with Gasteiger partial charge in [0.15, 0.2) is 5.82 Å². The molecule has 1 aromatic rings. The Balaban J connectivity index is 1.52. The molecule has 1 aromatic heterocycles. The molecule has 2 aliphatic rings. The molecule has 2 fully saturated rings. The predicted octanol–water partition coefficient (Wildman–Crippen LogP) is -0.413. The molecule has 1 saturated heterocycles. The van der Waals surface area contributed by atoms with E-state index in [1.54, 1.807) is 0 Å². The van der Waals surface area contributed by atoms with Crippen molar-refractivity contribution in [2.75, 3.05) is 19.6 Å². The van der Waals surface area contributed by atoms with Crippen LogP contribution in [0.3, 0.4) is 0 Å². The lowest BCUT2D eigenvalue weighted by atomic mass is 9.88. The van der Waals surface area contributed by atoms with Crippen molar-refractivity contribution in [2.24, 2.45) is 5.92 Å². The summed E-state index contributed by atoms with van der Waals surface area (Å²) >= 11 is 0. The number of aromatic amines is 1. The molecule has 0 bridgehead atoms. The van der Waals surface area contributed by atoms with Crippen LogP contribution in [0.4, 0.5) is 0 Å². The maximum absolute atomic E-state index is 12.2. The van der Waals surface area contributed by atoms with E-state index in [2.05, 4.69) is 36.2 Å². The molecule has 0 spiro atoms. The fourth-order valence-corrected chi connectivity index (χ4v) is 3.59. The summed E-state index contributed by atoms with van der Waals surface area (Å²) in [5.41, 5.74) is 0. The zero-order valence-electron chi connectivity index (χ0n) is 13.8. The van der Waals surface area contributed by atoms with Crippen molar-refractivity contribution >= 4 is 11.8 Å². The van der Waals surface area contributed by atoms with E-state index >= 15 is 0 Å². The summed E-state index contributed by atoms with van der Waals surface area (Å²) in [7, 11) is 0. The molecule has 9 nitrogen and oxygen atoms in total. The number of piperazine rings is 1. The monoisotopic (exact) mass is 335 g/mol. The average molecular weight is 335 g/mol. The van der Waals surface area contributed by atoms with Gasteiger partial charge in [-0.1, -0.05) is 24.5 Å². The third-order valence-corrected chi connectivity index (χ3v) is 4.87. The van der Waals surface area contributed by atoms with E-state index in [0.717, 1.165) is 13.1 Å². The molecule has 1 unspecified atom stereocenters. The van der Waals surface area contributed by atoms with Crippen molar-refractivity contribution in [3.8, 4) is 0 Å². The highest BCUT2D eigenvalue weighted by Crippen LogP contribution is 2.25. The molecular weight excluding hydrogens is 310 g/mol. The molecule has 0 aromatic carbocycles. The van der Waals surface area contributed by atoms with Crippen molar-refractivity contribution in [1.29, 1.82) is 0 Å². The van der Waals surface area contributed by atoms with Gasteiger partial charge in [0.05, 0.1) is 19.0 Å². The standard InChI is InChI=1S/C15H25N7O2/c23-14(17-9-13-18-20-21-19-13)8-12-15(24)16-6-7-22(12)10-11-4-2-1-3-5-11/h11-12H,1-10H2,(H,16,24)(H,17,23)(H,18,19,20,21). The van der Waals surface area contributed by atoms with Crippen molar-refractivity contribution < 1.29 is 9.59 Å². The lowest BCUT2D eigenvalue weighted by molar-refractivity contribution is -0.134. The fraction of sp³-hybridized carbons (Fsp3) is 0.800. The Labute approximate surface area is 140 Å². The van der Waals surface area contributed by atoms with Gasteiger partial charge in [-0.05, 0) is 18.8 Å². The molecule has 0 radical (unpaired) electrons. The number of nitrogens with one attached hydrogen (secondary N) is 3. The van der Waals surface area contributed by atoms with E-state index in [1.807, 2.05) is 0 Å².